The zero-order valence-electron chi connectivity index (χ0n) is 18.7. The number of esters is 1. The molecule has 0 aromatic carbocycles. The van der Waals surface area contributed by atoms with Gasteiger partial charge >= 0.3 is 5.97 Å². The molecule has 27 heavy (non-hydrogen) atoms. The predicted octanol–water partition coefficient (Wildman–Crippen LogP) is 4.42. The minimum absolute atomic E-state index is 0.174. The molecule has 0 radical (unpaired) electrons. The molecule has 0 spiro atoms. The first-order valence-electron chi connectivity index (χ1n) is 9.92. The second-order valence-corrected chi connectivity index (χ2v) is 16.6. The number of nitrogens with zero attached hydrogens (tertiary/aromatic N) is 1. The molecule has 0 fully saturated rings. The standard InChI is InChI=1S/C20H39NO4SSi/c1-10-24-18(22)16-13-14-21(26(23)19(2,3)4)17(16)12-11-15-25-27(8,9)20(5,6)7/h13,17H,10-12,14-15H2,1-9H3/t17-,26-/m1/s1. The molecule has 1 rings (SSSR count). The third-order valence-electron chi connectivity index (χ3n) is 5.34. The summed E-state index contributed by atoms with van der Waals surface area (Å²) < 4.78 is 26.0. The largest absolute Gasteiger partial charge is 0.597 e. The zero-order valence-corrected chi connectivity index (χ0v) is 20.5. The topological polar surface area (TPSA) is 61.8 Å². The molecule has 5 nitrogen and oxygen atoms in total. The molecule has 1 aliphatic heterocycles. The molecular formula is C20H39NO4SSi. The SMILES string of the molecule is CCOC(=O)C1=CCN([S@+]([O-])C(C)(C)C)[C@@H]1CCCO[Si](C)(C)C(C)(C)C. The lowest BCUT2D eigenvalue weighted by Crippen LogP contribution is -2.47. The highest BCUT2D eigenvalue weighted by atomic mass is 32.2. The van der Waals surface area contributed by atoms with Gasteiger partial charge in [0.25, 0.3) is 0 Å². The van der Waals surface area contributed by atoms with Gasteiger partial charge in [-0.2, -0.15) is 0 Å². The summed E-state index contributed by atoms with van der Waals surface area (Å²) in [4.78, 5) is 12.4. The van der Waals surface area contributed by atoms with Crippen molar-refractivity contribution in [2.75, 3.05) is 19.8 Å². The summed E-state index contributed by atoms with van der Waals surface area (Å²) in [5.41, 5.74) is 0.641. The first-order chi connectivity index (χ1) is 12.2. The Morgan fingerprint density at radius 2 is 1.89 bits per heavy atom. The van der Waals surface area contributed by atoms with E-state index in [2.05, 4.69) is 33.9 Å². The number of ether oxygens (including phenoxy) is 1. The van der Waals surface area contributed by atoms with E-state index in [4.69, 9.17) is 9.16 Å². The smallest absolute Gasteiger partial charge is 0.335 e. The molecule has 0 aromatic rings. The van der Waals surface area contributed by atoms with Crippen LogP contribution in [0.2, 0.25) is 18.1 Å². The molecule has 0 aromatic heterocycles. The minimum atomic E-state index is -1.78. The van der Waals surface area contributed by atoms with Gasteiger partial charge in [0.2, 0.25) is 0 Å². The molecule has 0 saturated heterocycles. The molecule has 0 aliphatic carbocycles. The summed E-state index contributed by atoms with van der Waals surface area (Å²) in [7, 11) is -1.78. The van der Waals surface area contributed by atoms with E-state index in [0.717, 1.165) is 12.8 Å². The zero-order chi connectivity index (χ0) is 21.0. The maximum Gasteiger partial charge on any atom is 0.335 e. The van der Waals surface area contributed by atoms with Crippen LogP contribution in [0.3, 0.4) is 0 Å². The third-order valence-corrected chi connectivity index (χ3v) is 11.8. The fourth-order valence-electron chi connectivity index (χ4n) is 2.70. The number of rotatable bonds is 8. The van der Waals surface area contributed by atoms with Gasteiger partial charge in [0.1, 0.15) is 4.75 Å². The Balaban J connectivity index is 2.79. The van der Waals surface area contributed by atoms with Gasteiger partial charge < -0.3 is 13.7 Å². The van der Waals surface area contributed by atoms with Crippen LogP contribution < -0.4 is 0 Å². The Morgan fingerprint density at radius 1 is 1.30 bits per heavy atom. The molecule has 2 atom stereocenters. The highest BCUT2D eigenvalue weighted by Gasteiger charge is 2.43. The van der Waals surface area contributed by atoms with Crippen LogP contribution >= 0.6 is 0 Å². The van der Waals surface area contributed by atoms with Crippen molar-refractivity contribution in [2.45, 2.75) is 90.2 Å². The Labute approximate surface area is 170 Å². The number of hydrogen-bond donors (Lipinski definition) is 0. The first kappa shape index (κ1) is 24.7. The van der Waals surface area contributed by atoms with Crippen LogP contribution in [0.15, 0.2) is 11.6 Å². The van der Waals surface area contributed by atoms with Crippen LogP contribution in [0.25, 0.3) is 0 Å². The Hall–Kier alpha value is -0.343. The Kier molecular flexibility index (Phi) is 8.63. The van der Waals surface area contributed by atoms with E-state index in [9.17, 15) is 9.35 Å². The molecule has 0 N–H and O–H groups in total. The molecular weight excluding hydrogens is 378 g/mol. The quantitative estimate of drug-likeness (QED) is 0.253. The van der Waals surface area contributed by atoms with E-state index < -0.39 is 19.7 Å². The molecule has 1 heterocycles. The maximum atomic E-state index is 13.0. The minimum Gasteiger partial charge on any atom is -0.597 e. The van der Waals surface area contributed by atoms with E-state index in [1.807, 2.05) is 31.2 Å². The fraction of sp³-hybridized carbons (Fsp3) is 0.850. The van der Waals surface area contributed by atoms with Crippen LogP contribution in [0.5, 0.6) is 0 Å². The Bertz CT molecular complexity index is 537. The summed E-state index contributed by atoms with van der Waals surface area (Å²) in [5, 5.41) is 0.177. The van der Waals surface area contributed by atoms with Crippen molar-refractivity contribution in [3.05, 3.63) is 11.6 Å². The van der Waals surface area contributed by atoms with Crippen molar-refractivity contribution in [1.82, 2.24) is 4.31 Å². The van der Waals surface area contributed by atoms with E-state index >= 15 is 0 Å². The van der Waals surface area contributed by atoms with Gasteiger partial charge in [-0.1, -0.05) is 26.8 Å². The van der Waals surface area contributed by atoms with Gasteiger partial charge in [0.05, 0.1) is 24.8 Å². The van der Waals surface area contributed by atoms with Crippen LogP contribution in [0, 0.1) is 0 Å². The molecule has 0 unspecified atom stereocenters. The molecule has 0 saturated carbocycles. The van der Waals surface area contributed by atoms with Crippen molar-refractivity contribution in [1.29, 1.82) is 0 Å². The summed E-state index contributed by atoms with van der Waals surface area (Å²) in [6, 6.07) is -0.174. The van der Waals surface area contributed by atoms with Gasteiger partial charge in [-0.05, 0) is 58.7 Å². The number of carbonyl (C=O) groups is 1. The fourth-order valence-corrected chi connectivity index (χ4v) is 5.15. The summed E-state index contributed by atoms with van der Waals surface area (Å²) >= 11 is -1.18. The normalized spacial score (nSPS) is 20.5. The molecule has 7 heteroatoms. The van der Waals surface area contributed by atoms with Crippen LogP contribution in [-0.4, -0.2) is 53.7 Å². The van der Waals surface area contributed by atoms with Gasteiger partial charge in [-0.25, -0.2) is 4.79 Å². The first-order valence-corrected chi connectivity index (χ1v) is 13.9. The van der Waals surface area contributed by atoms with Crippen LogP contribution in [-0.2, 0) is 25.3 Å². The van der Waals surface area contributed by atoms with Gasteiger partial charge in [0.15, 0.2) is 8.32 Å². The third kappa shape index (κ3) is 6.60. The van der Waals surface area contributed by atoms with Crippen molar-refractivity contribution in [3.8, 4) is 0 Å². The van der Waals surface area contributed by atoms with E-state index in [-0.39, 0.29) is 21.8 Å². The molecule has 0 bridgehead atoms. The lowest BCUT2D eigenvalue weighted by molar-refractivity contribution is -0.138. The number of hydrogen-bond acceptors (Lipinski definition) is 5. The lowest BCUT2D eigenvalue weighted by atomic mass is 10.1. The molecule has 0 amide bonds. The Morgan fingerprint density at radius 3 is 2.37 bits per heavy atom. The molecule has 158 valence electrons. The van der Waals surface area contributed by atoms with Crippen LogP contribution in [0.4, 0.5) is 0 Å². The summed E-state index contributed by atoms with van der Waals surface area (Å²) in [5.74, 6) is -0.291. The maximum absolute atomic E-state index is 13.0. The average molecular weight is 418 g/mol. The second kappa shape index (κ2) is 9.44. The van der Waals surface area contributed by atoms with E-state index in [0.29, 0.717) is 25.3 Å². The van der Waals surface area contributed by atoms with Gasteiger partial charge in [0, 0.05) is 18.0 Å². The summed E-state index contributed by atoms with van der Waals surface area (Å²) in [6.45, 7) is 20.4. The van der Waals surface area contributed by atoms with Crippen molar-refractivity contribution in [3.63, 3.8) is 0 Å². The molecule has 1 aliphatic rings. The van der Waals surface area contributed by atoms with Gasteiger partial charge in [-0.3, -0.25) is 0 Å². The summed E-state index contributed by atoms with van der Waals surface area (Å²) in [6.07, 6.45) is 3.44. The van der Waals surface area contributed by atoms with Crippen LogP contribution in [0.1, 0.15) is 61.3 Å². The predicted molar refractivity (Wildman–Crippen MR) is 115 cm³/mol. The lowest BCUT2D eigenvalue weighted by Gasteiger charge is -2.37. The van der Waals surface area contributed by atoms with Gasteiger partial charge in [-0.15, -0.1) is 4.31 Å². The highest BCUT2D eigenvalue weighted by Crippen LogP contribution is 2.37. The second-order valence-electron chi connectivity index (χ2n) is 9.61. The highest BCUT2D eigenvalue weighted by molar-refractivity contribution is 7.90. The van der Waals surface area contributed by atoms with E-state index in [1.165, 1.54) is 0 Å². The van der Waals surface area contributed by atoms with E-state index in [1.54, 1.807) is 6.92 Å². The number of carbonyl (C=O) groups excluding carboxylic acids is 1. The van der Waals surface area contributed by atoms with Crippen molar-refractivity contribution >= 4 is 25.6 Å². The average Bonchev–Trinajstić information content (AvgIpc) is 2.92. The van der Waals surface area contributed by atoms with Crippen molar-refractivity contribution in [2.24, 2.45) is 0 Å². The monoisotopic (exact) mass is 417 g/mol. The van der Waals surface area contributed by atoms with Crippen molar-refractivity contribution < 1.29 is 18.5 Å².